The van der Waals surface area contributed by atoms with Gasteiger partial charge in [-0.2, -0.15) is 0 Å². The first-order chi connectivity index (χ1) is 8.52. The molecular formula is C15H24N2O. The Hall–Kier alpha value is -1.35. The minimum Gasteiger partial charge on any atom is -0.340 e. The predicted molar refractivity (Wildman–Crippen MR) is 75.4 cm³/mol. The fourth-order valence-electron chi connectivity index (χ4n) is 1.90. The van der Waals surface area contributed by atoms with E-state index < -0.39 is 0 Å². The number of hydrogen-bond donors (Lipinski definition) is 1. The molecule has 1 amide bonds. The summed E-state index contributed by atoms with van der Waals surface area (Å²) in [7, 11) is 3.62. The Morgan fingerprint density at radius 3 is 2.28 bits per heavy atom. The average Bonchev–Trinajstić information content (AvgIpc) is 2.31. The number of carbonyl (C=O) groups is 1. The van der Waals surface area contributed by atoms with E-state index in [2.05, 4.69) is 43.4 Å². The van der Waals surface area contributed by atoms with E-state index in [-0.39, 0.29) is 5.91 Å². The van der Waals surface area contributed by atoms with Gasteiger partial charge in [0.1, 0.15) is 0 Å². The number of likely N-dealkylation sites (N-methyl/N-ethyl adjacent to an activating group) is 2. The fraction of sp³-hybridized carbons (Fsp3) is 0.533. The third-order valence-corrected chi connectivity index (χ3v) is 2.84. The van der Waals surface area contributed by atoms with Crippen molar-refractivity contribution in [2.45, 2.75) is 26.8 Å². The lowest BCUT2D eigenvalue weighted by Gasteiger charge is -2.17. The number of amides is 1. The molecule has 0 spiro atoms. The Kier molecular flexibility index (Phi) is 5.86. The lowest BCUT2D eigenvalue weighted by molar-refractivity contribution is -0.129. The first-order valence-electron chi connectivity index (χ1n) is 6.49. The molecule has 0 fully saturated rings. The molecule has 18 heavy (non-hydrogen) atoms. The van der Waals surface area contributed by atoms with Gasteiger partial charge in [-0.3, -0.25) is 4.79 Å². The average molecular weight is 248 g/mol. The van der Waals surface area contributed by atoms with E-state index in [0.29, 0.717) is 19.0 Å². The van der Waals surface area contributed by atoms with E-state index in [1.807, 2.05) is 7.05 Å². The normalized spacial score (nSPS) is 10.7. The van der Waals surface area contributed by atoms with Crippen molar-refractivity contribution in [3.63, 3.8) is 0 Å². The van der Waals surface area contributed by atoms with Crippen molar-refractivity contribution in [2.24, 2.45) is 5.92 Å². The van der Waals surface area contributed by atoms with Crippen molar-refractivity contribution in [2.75, 3.05) is 20.6 Å². The van der Waals surface area contributed by atoms with Crippen LogP contribution in [-0.2, 0) is 17.8 Å². The zero-order chi connectivity index (χ0) is 13.5. The van der Waals surface area contributed by atoms with Crippen LogP contribution in [0.15, 0.2) is 24.3 Å². The van der Waals surface area contributed by atoms with Gasteiger partial charge in [-0.05, 0) is 30.5 Å². The van der Waals surface area contributed by atoms with Crippen LogP contribution in [0.2, 0.25) is 0 Å². The zero-order valence-corrected chi connectivity index (χ0v) is 11.9. The number of carbonyl (C=O) groups excluding carboxylic acids is 1. The molecular weight excluding hydrogens is 224 g/mol. The second kappa shape index (κ2) is 7.17. The highest BCUT2D eigenvalue weighted by Crippen LogP contribution is 2.11. The van der Waals surface area contributed by atoms with Crippen LogP contribution in [0, 0.1) is 5.92 Å². The summed E-state index contributed by atoms with van der Waals surface area (Å²) in [5, 5.41) is 2.87. The molecule has 3 nitrogen and oxygen atoms in total. The maximum atomic E-state index is 11.6. The lowest BCUT2D eigenvalue weighted by atomic mass is 10.0. The van der Waals surface area contributed by atoms with E-state index in [9.17, 15) is 4.79 Å². The van der Waals surface area contributed by atoms with Crippen molar-refractivity contribution in [3.05, 3.63) is 35.4 Å². The predicted octanol–water partition coefficient (Wildman–Crippen LogP) is 2.06. The Balaban J connectivity index is 2.55. The van der Waals surface area contributed by atoms with Gasteiger partial charge < -0.3 is 10.2 Å². The smallest absolute Gasteiger partial charge is 0.236 e. The van der Waals surface area contributed by atoms with Crippen LogP contribution in [0.3, 0.4) is 0 Å². The summed E-state index contributed by atoms with van der Waals surface area (Å²) in [6.45, 7) is 5.50. The second-order valence-corrected chi connectivity index (χ2v) is 5.19. The Labute approximate surface area is 110 Å². The molecule has 100 valence electrons. The topological polar surface area (TPSA) is 32.3 Å². The van der Waals surface area contributed by atoms with Crippen LogP contribution >= 0.6 is 0 Å². The Bertz CT molecular complexity index is 371. The van der Waals surface area contributed by atoms with Gasteiger partial charge in [-0.15, -0.1) is 0 Å². The van der Waals surface area contributed by atoms with Crippen LogP contribution in [0.1, 0.15) is 25.0 Å². The number of benzene rings is 1. The monoisotopic (exact) mass is 248 g/mol. The maximum Gasteiger partial charge on any atom is 0.236 e. The highest BCUT2D eigenvalue weighted by Gasteiger charge is 2.07. The third kappa shape index (κ3) is 4.88. The molecule has 0 aliphatic carbocycles. The molecule has 1 aromatic carbocycles. The second-order valence-electron chi connectivity index (χ2n) is 5.19. The first-order valence-corrected chi connectivity index (χ1v) is 6.49. The first kappa shape index (κ1) is 14.7. The van der Waals surface area contributed by atoms with Crippen LogP contribution in [0.5, 0.6) is 0 Å². The largest absolute Gasteiger partial charge is 0.340 e. The van der Waals surface area contributed by atoms with Gasteiger partial charge in [0.05, 0.1) is 6.54 Å². The van der Waals surface area contributed by atoms with E-state index in [1.54, 1.807) is 11.9 Å². The van der Waals surface area contributed by atoms with Crippen LogP contribution in [-0.4, -0.2) is 31.4 Å². The molecule has 0 aliphatic rings. The van der Waals surface area contributed by atoms with Gasteiger partial charge in [-0.25, -0.2) is 0 Å². The standard InChI is InChI=1S/C15H24N2O/c1-12(2)9-13-5-7-14(8-6-13)11-17(4)15(18)10-16-3/h5-8,12,16H,9-11H2,1-4H3. The molecule has 1 N–H and O–H groups in total. The summed E-state index contributed by atoms with van der Waals surface area (Å²) in [6.07, 6.45) is 1.11. The molecule has 0 radical (unpaired) electrons. The number of rotatable bonds is 6. The molecule has 0 atom stereocenters. The number of nitrogens with zero attached hydrogens (tertiary/aromatic N) is 1. The fourth-order valence-corrected chi connectivity index (χ4v) is 1.90. The molecule has 1 aromatic rings. The molecule has 0 aromatic heterocycles. The minimum atomic E-state index is 0.115. The molecule has 0 saturated heterocycles. The van der Waals surface area contributed by atoms with E-state index >= 15 is 0 Å². The van der Waals surface area contributed by atoms with Gasteiger partial charge in [0.25, 0.3) is 0 Å². The highest BCUT2D eigenvalue weighted by atomic mass is 16.2. The lowest BCUT2D eigenvalue weighted by Crippen LogP contribution is -2.33. The van der Waals surface area contributed by atoms with Gasteiger partial charge in [-0.1, -0.05) is 38.1 Å². The quantitative estimate of drug-likeness (QED) is 0.836. The molecule has 0 unspecified atom stereocenters. The van der Waals surface area contributed by atoms with Crippen molar-refractivity contribution in [3.8, 4) is 0 Å². The van der Waals surface area contributed by atoms with E-state index in [1.165, 1.54) is 11.1 Å². The summed E-state index contributed by atoms with van der Waals surface area (Å²) in [5.41, 5.74) is 2.53. The minimum absolute atomic E-state index is 0.115. The van der Waals surface area contributed by atoms with Crippen molar-refractivity contribution >= 4 is 5.91 Å². The highest BCUT2D eigenvalue weighted by molar-refractivity contribution is 5.77. The van der Waals surface area contributed by atoms with Crippen molar-refractivity contribution in [1.82, 2.24) is 10.2 Å². The number of nitrogens with one attached hydrogen (secondary N) is 1. The summed E-state index contributed by atoms with van der Waals surface area (Å²) < 4.78 is 0. The van der Waals surface area contributed by atoms with Gasteiger partial charge in [0.15, 0.2) is 0 Å². The van der Waals surface area contributed by atoms with Crippen molar-refractivity contribution < 1.29 is 4.79 Å². The van der Waals surface area contributed by atoms with Crippen LogP contribution in [0.25, 0.3) is 0 Å². The molecule has 3 heteroatoms. The summed E-state index contributed by atoms with van der Waals surface area (Å²) in [4.78, 5) is 13.4. The third-order valence-electron chi connectivity index (χ3n) is 2.84. The summed E-state index contributed by atoms with van der Waals surface area (Å²) >= 11 is 0. The zero-order valence-electron chi connectivity index (χ0n) is 11.9. The molecule has 0 heterocycles. The number of hydrogen-bond acceptors (Lipinski definition) is 2. The Morgan fingerprint density at radius 1 is 1.22 bits per heavy atom. The van der Waals surface area contributed by atoms with Gasteiger partial charge in [0.2, 0.25) is 5.91 Å². The molecule has 0 bridgehead atoms. The summed E-state index contributed by atoms with van der Waals surface area (Å²) in [6, 6.07) is 8.54. The molecule has 1 rings (SSSR count). The van der Waals surface area contributed by atoms with E-state index in [4.69, 9.17) is 0 Å². The van der Waals surface area contributed by atoms with E-state index in [0.717, 1.165) is 6.42 Å². The van der Waals surface area contributed by atoms with Crippen molar-refractivity contribution in [1.29, 1.82) is 0 Å². The Morgan fingerprint density at radius 2 is 1.78 bits per heavy atom. The van der Waals surface area contributed by atoms with Crippen LogP contribution in [0.4, 0.5) is 0 Å². The SMILES string of the molecule is CNCC(=O)N(C)Cc1ccc(CC(C)C)cc1. The van der Waals surface area contributed by atoms with Crippen LogP contribution < -0.4 is 5.32 Å². The van der Waals surface area contributed by atoms with Gasteiger partial charge in [0, 0.05) is 13.6 Å². The van der Waals surface area contributed by atoms with Gasteiger partial charge >= 0.3 is 0 Å². The molecule has 0 aliphatic heterocycles. The summed E-state index contributed by atoms with van der Waals surface area (Å²) in [5.74, 6) is 0.791. The maximum absolute atomic E-state index is 11.6. The molecule has 0 saturated carbocycles.